The number of ether oxygens (including phenoxy) is 2. The van der Waals surface area contributed by atoms with Crippen LogP contribution in [0.25, 0.3) is 0 Å². The molecule has 6 nitrogen and oxygen atoms in total. The first kappa shape index (κ1) is 18.7. The summed E-state index contributed by atoms with van der Waals surface area (Å²) in [5.41, 5.74) is 1.98. The Kier molecular flexibility index (Phi) is 5.54. The Balaban J connectivity index is 1.50. The summed E-state index contributed by atoms with van der Waals surface area (Å²) in [7, 11) is 0. The third kappa shape index (κ3) is 4.12. The summed E-state index contributed by atoms with van der Waals surface area (Å²) < 4.78 is 12.2. The average molecular weight is 384 g/mol. The number of hydrogen-bond donors (Lipinski definition) is 0. The van der Waals surface area contributed by atoms with E-state index >= 15 is 0 Å². The Labute approximate surface area is 169 Å². The predicted octanol–water partition coefficient (Wildman–Crippen LogP) is 4.28. The van der Waals surface area contributed by atoms with Crippen molar-refractivity contribution in [1.29, 1.82) is 10.5 Å². The molecule has 4 rings (SSSR count). The van der Waals surface area contributed by atoms with Crippen molar-refractivity contribution in [2.24, 2.45) is 9.98 Å². The van der Waals surface area contributed by atoms with Crippen molar-refractivity contribution < 1.29 is 9.47 Å². The van der Waals surface area contributed by atoms with Crippen LogP contribution in [0.3, 0.4) is 0 Å². The van der Waals surface area contributed by atoms with Gasteiger partial charge in [-0.15, -0.1) is 0 Å². The van der Waals surface area contributed by atoms with Crippen LogP contribution in [0.2, 0.25) is 0 Å². The van der Waals surface area contributed by atoms with Crippen LogP contribution in [-0.2, 0) is 9.47 Å². The molecule has 0 radical (unpaired) electrons. The molecule has 0 bridgehead atoms. The highest BCUT2D eigenvalue weighted by Crippen LogP contribution is 2.35. The molecule has 2 aliphatic rings. The van der Waals surface area contributed by atoms with Crippen LogP contribution in [0.4, 0.5) is 0 Å². The van der Waals surface area contributed by atoms with E-state index in [0.717, 1.165) is 11.1 Å². The van der Waals surface area contributed by atoms with Gasteiger partial charge in [0.15, 0.2) is 11.8 Å². The lowest BCUT2D eigenvalue weighted by Crippen LogP contribution is -2.15. The van der Waals surface area contributed by atoms with Crippen LogP contribution < -0.4 is 0 Å². The lowest BCUT2D eigenvalue weighted by molar-refractivity contribution is 0.183. The van der Waals surface area contributed by atoms with Gasteiger partial charge in [0.05, 0.1) is 31.4 Å². The Morgan fingerprint density at radius 3 is 1.48 bits per heavy atom. The molecule has 0 aliphatic carbocycles. The summed E-state index contributed by atoms with van der Waals surface area (Å²) in [6.07, 6.45) is 0.303. The van der Waals surface area contributed by atoms with Gasteiger partial charge in [-0.2, -0.15) is 10.5 Å². The maximum Gasteiger partial charge on any atom is 0.193 e. The van der Waals surface area contributed by atoms with Gasteiger partial charge in [0.1, 0.15) is 24.3 Å². The minimum Gasteiger partial charge on any atom is -0.470 e. The van der Waals surface area contributed by atoms with Crippen molar-refractivity contribution in [1.82, 2.24) is 0 Å². The first-order chi connectivity index (χ1) is 14.3. The third-order valence-corrected chi connectivity index (χ3v) is 5.00. The van der Waals surface area contributed by atoms with Crippen LogP contribution in [-0.4, -0.2) is 23.9 Å². The topological polar surface area (TPSA) is 90.8 Å². The Morgan fingerprint density at radius 2 is 1.10 bits per heavy atom. The number of hydrogen-bond acceptors (Lipinski definition) is 6. The number of benzene rings is 2. The fourth-order valence-corrected chi connectivity index (χ4v) is 3.68. The molecule has 29 heavy (non-hydrogen) atoms. The van der Waals surface area contributed by atoms with Gasteiger partial charge in [0.2, 0.25) is 0 Å². The molecule has 0 amide bonds. The molecule has 0 unspecified atom stereocenters. The van der Waals surface area contributed by atoms with Gasteiger partial charge in [0.25, 0.3) is 0 Å². The van der Waals surface area contributed by atoms with Crippen molar-refractivity contribution in [3.05, 3.63) is 71.8 Å². The highest BCUT2D eigenvalue weighted by Gasteiger charge is 2.36. The van der Waals surface area contributed by atoms with E-state index in [2.05, 4.69) is 22.1 Å². The molecule has 0 saturated carbocycles. The summed E-state index contributed by atoms with van der Waals surface area (Å²) in [5, 5.41) is 18.3. The van der Waals surface area contributed by atoms with E-state index in [1.807, 2.05) is 60.7 Å². The molecule has 144 valence electrons. The molecule has 2 aliphatic heterocycles. The molecule has 0 spiro atoms. The number of rotatable bonds is 6. The Bertz CT molecular complexity index is 908. The van der Waals surface area contributed by atoms with Crippen LogP contribution in [0.1, 0.15) is 42.6 Å². The van der Waals surface area contributed by atoms with E-state index in [1.54, 1.807) is 0 Å². The molecule has 2 aromatic carbocycles. The average Bonchev–Trinajstić information content (AvgIpc) is 3.34. The van der Waals surface area contributed by atoms with Crippen LogP contribution in [0.15, 0.2) is 70.6 Å². The normalized spacial score (nSPS) is 25.2. The summed E-state index contributed by atoms with van der Waals surface area (Å²) in [5.74, 6) is 1.03. The Morgan fingerprint density at radius 1 is 0.690 bits per heavy atom. The van der Waals surface area contributed by atoms with Crippen LogP contribution in [0.5, 0.6) is 0 Å². The smallest absolute Gasteiger partial charge is 0.193 e. The molecule has 6 heteroatoms. The summed E-state index contributed by atoms with van der Waals surface area (Å²) in [6.45, 7) is 0. The minimum absolute atomic E-state index is 0.251. The highest BCUT2D eigenvalue weighted by atomic mass is 16.5. The molecule has 0 saturated heterocycles. The summed E-state index contributed by atoms with van der Waals surface area (Å²) >= 11 is 0. The fraction of sp³-hybridized carbons (Fsp3) is 0.304. The second-order valence-corrected chi connectivity index (χ2v) is 6.98. The van der Waals surface area contributed by atoms with Crippen molar-refractivity contribution in [2.75, 3.05) is 0 Å². The van der Waals surface area contributed by atoms with E-state index in [9.17, 15) is 0 Å². The highest BCUT2D eigenvalue weighted by molar-refractivity contribution is 5.98. The van der Waals surface area contributed by atoms with Gasteiger partial charge in [-0.3, -0.25) is 0 Å². The first-order valence-corrected chi connectivity index (χ1v) is 9.59. The maximum absolute atomic E-state index is 9.16. The lowest BCUT2D eigenvalue weighted by Gasteiger charge is -2.17. The first-order valence-electron chi connectivity index (χ1n) is 9.59. The number of nitriles is 2. The molecule has 0 aromatic heterocycles. The molecular formula is C23H20N4O2. The zero-order valence-corrected chi connectivity index (χ0v) is 15.8. The van der Waals surface area contributed by atoms with Gasteiger partial charge >= 0.3 is 0 Å². The van der Waals surface area contributed by atoms with Crippen molar-refractivity contribution in [3.63, 3.8) is 0 Å². The fourth-order valence-electron chi connectivity index (χ4n) is 3.68. The van der Waals surface area contributed by atoms with Gasteiger partial charge in [-0.25, -0.2) is 9.98 Å². The van der Waals surface area contributed by atoms with Gasteiger partial charge in [0, 0.05) is 0 Å². The standard InChI is InChI=1S/C23H20N4O2/c24-13-11-18-22(16-7-3-1-4-8-16)28-20(26-18)15-21-27-19(12-14-25)23(29-21)17-9-5-2-6-10-17/h1-10,18-19,22-23H,11-12,15H2/t18-,19-,22-,23-/m0/s1. The zero-order valence-electron chi connectivity index (χ0n) is 15.8. The van der Waals surface area contributed by atoms with E-state index in [0.29, 0.717) is 18.2 Å². The molecule has 4 atom stereocenters. The summed E-state index contributed by atoms with van der Waals surface area (Å²) in [4.78, 5) is 9.23. The van der Waals surface area contributed by atoms with E-state index < -0.39 is 0 Å². The van der Waals surface area contributed by atoms with Crippen LogP contribution in [0, 0.1) is 22.7 Å². The summed E-state index contributed by atoms with van der Waals surface area (Å²) in [6, 6.07) is 23.5. The van der Waals surface area contributed by atoms with Crippen molar-refractivity contribution in [3.8, 4) is 12.1 Å². The van der Waals surface area contributed by atoms with Crippen molar-refractivity contribution in [2.45, 2.75) is 43.6 Å². The maximum atomic E-state index is 9.16. The molecular weight excluding hydrogens is 364 g/mol. The molecule has 0 fully saturated rings. The SMILES string of the molecule is N#CC[C@@H]1N=C(CC2=N[C@@H](CC#N)[C@H](c3ccccc3)O2)O[C@H]1c1ccccc1. The monoisotopic (exact) mass is 384 g/mol. The van der Waals surface area contributed by atoms with Crippen LogP contribution >= 0.6 is 0 Å². The Hall–Kier alpha value is -3.64. The minimum atomic E-state index is -0.285. The quantitative estimate of drug-likeness (QED) is 0.743. The second-order valence-electron chi connectivity index (χ2n) is 6.98. The van der Waals surface area contributed by atoms with Crippen molar-refractivity contribution >= 4 is 11.8 Å². The third-order valence-electron chi connectivity index (χ3n) is 5.00. The molecule has 0 N–H and O–H groups in total. The number of nitrogens with zero attached hydrogens (tertiary/aromatic N) is 4. The van der Waals surface area contributed by atoms with E-state index in [-0.39, 0.29) is 37.1 Å². The van der Waals surface area contributed by atoms with E-state index in [1.165, 1.54) is 0 Å². The molecule has 2 aromatic rings. The van der Waals surface area contributed by atoms with Gasteiger partial charge < -0.3 is 9.47 Å². The van der Waals surface area contributed by atoms with Gasteiger partial charge in [-0.1, -0.05) is 60.7 Å². The lowest BCUT2D eigenvalue weighted by atomic mass is 10.0. The largest absolute Gasteiger partial charge is 0.470 e. The van der Waals surface area contributed by atoms with Gasteiger partial charge in [-0.05, 0) is 11.1 Å². The molecule has 2 heterocycles. The predicted molar refractivity (Wildman–Crippen MR) is 108 cm³/mol. The zero-order chi connectivity index (χ0) is 20.1. The van der Waals surface area contributed by atoms with E-state index in [4.69, 9.17) is 20.0 Å². The number of aliphatic imine (C=N–C) groups is 2. The second kappa shape index (κ2) is 8.58.